The van der Waals surface area contributed by atoms with Gasteiger partial charge in [0.1, 0.15) is 18.1 Å². The number of sulfonamides is 1. The van der Waals surface area contributed by atoms with Crippen LogP contribution >= 0.6 is 0 Å². The Bertz CT molecular complexity index is 1620. The highest BCUT2D eigenvalue weighted by Gasteiger charge is 2.17. The van der Waals surface area contributed by atoms with Gasteiger partial charge < -0.3 is 14.0 Å². The smallest absolute Gasteiger partial charge is 0.261 e. The van der Waals surface area contributed by atoms with Gasteiger partial charge in [-0.25, -0.2) is 13.4 Å². The minimum absolute atomic E-state index is 0.00450. The van der Waals surface area contributed by atoms with Gasteiger partial charge in [-0.1, -0.05) is 6.92 Å². The molecule has 0 spiro atoms. The molecule has 0 aliphatic heterocycles. The molecule has 0 amide bonds. The van der Waals surface area contributed by atoms with Crippen LogP contribution < -0.4 is 14.2 Å². The number of methoxy groups -OCH3 is 1. The number of hydrogen-bond acceptors (Lipinski definition) is 8. The van der Waals surface area contributed by atoms with Crippen LogP contribution in [0.4, 0.5) is 11.4 Å². The highest BCUT2D eigenvalue weighted by Crippen LogP contribution is 2.31. The van der Waals surface area contributed by atoms with Crippen molar-refractivity contribution in [2.24, 2.45) is 4.99 Å². The summed E-state index contributed by atoms with van der Waals surface area (Å²) in [6, 6.07) is 16.2. The van der Waals surface area contributed by atoms with Crippen LogP contribution in [0.1, 0.15) is 18.2 Å². The number of carbonyl (C=O) groups is 1. The monoisotopic (exact) mass is 580 g/mol. The molecule has 0 saturated heterocycles. The van der Waals surface area contributed by atoms with E-state index in [4.69, 9.17) is 9.47 Å². The zero-order valence-corrected chi connectivity index (χ0v) is 23.5. The predicted octanol–water partition coefficient (Wildman–Crippen LogP) is 4.43. The first-order valence-electron chi connectivity index (χ1n) is 12.2. The van der Waals surface area contributed by atoms with E-state index in [0.29, 0.717) is 29.9 Å². The molecule has 10 nitrogen and oxygen atoms in total. The third-order valence-corrected chi connectivity index (χ3v) is 8.12. The number of hydrogen-bond donors (Lipinski definition) is 1. The summed E-state index contributed by atoms with van der Waals surface area (Å²) in [5.41, 5.74) is 4.03. The largest absolute Gasteiger partial charge is 0.496 e. The second-order valence-corrected chi connectivity index (χ2v) is 11.3. The van der Waals surface area contributed by atoms with Gasteiger partial charge in [-0.3, -0.25) is 18.7 Å². The zero-order chi connectivity index (χ0) is 28.5. The van der Waals surface area contributed by atoms with Crippen LogP contribution in [0, 0.1) is 0 Å². The summed E-state index contributed by atoms with van der Waals surface area (Å²) in [6.45, 7) is 1.84. The van der Waals surface area contributed by atoms with Gasteiger partial charge in [0.15, 0.2) is 6.29 Å². The van der Waals surface area contributed by atoms with E-state index in [-0.39, 0.29) is 28.6 Å². The Morgan fingerprint density at radius 1 is 1.10 bits per heavy atom. The van der Waals surface area contributed by atoms with Crippen molar-refractivity contribution in [3.05, 3.63) is 90.5 Å². The predicted molar refractivity (Wildman–Crippen MR) is 155 cm³/mol. The number of nitrogens with one attached hydrogen (secondary N) is 1. The number of rotatable bonds is 13. The zero-order valence-electron chi connectivity index (χ0n) is 21.9. The number of aromatic nitrogens is 2. The van der Waals surface area contributed by atoms with Gasteiger partial charge >= 0.3 is 0 Å². The number of pyridine rings is 1. The number of aliphatic imine (C=N–C) groups is 1. The number of carbonyl (C=O) groups excluding carboxylic acids is 1. The topological polar surface area (TPSA) is 129 Å². The Balaban J connectivity index is 1.62. The molecule has 12 heteroatoms. The summed E-state index contributed by atoms with van der Waals surface area (Å²) in [4.78, 5) is 19.3. The fourth-order valence-corrected chi connectivity index (χ4v) is 5.82. The first-order valence-corrected chi connectivity index (χ1v) is 15.1. The second-order valence-electron chi connectivity index (χ2n) is 8.40. The van der Waals surface area contributed by atoms with Crippen molar-refractivity contribution in [1.29, 1.82) is 0 Å². The summed E-state index contributed by atoms with van der Waals surface area (Å²) >= 11 is 0. The van der Waals surface area contributed by atoms with Crippen molar-refractivity contribution in [2.45, 2.75) is 24.0 Å². The molecule has 2 aromatic heterocycles. The summed E-state index contributed by atoms with van der Waals surface area (Å²) in [6.07, 6.45) is 6.57. The van der Waals surface area contributed by atoms with Crippen molar-refractivity contribution in [2.75, 3.05) is 18.4 Å². The second kappa shape index (κ2) is 13.2. The Morgan fingerprint density at radius 2 is 1.85 bits per heavy atom. The lowest BCUT2D eigenvalue weighted by Gasteiger charge is -2.13. The minimum atomic E-state index is -4.00. The van der Waals surface area contributed by atoms with Gasteiger partial charge in [-0.15, -0.1) is 0 Å². The van der Waals surface area contributed by atoms with Crippen molar-refractivity contribution in [1.82, 2.24) is 9.55 Å². The quantitative estimate of drug-likeness (QED) is 0.141. The molecule has 0 radical (unpaired) electrons. The number of anilines is 1. The van der Waals surface area contributed by atoms with Crippen molar-refractivity contribution >= 4 is 44.0 Å². The number of ether oxygens (including phenoxy) is 2. The molecule has 4 rings (SSSR count). The molecular formula is C28H28N4O6S2. The van der Waals surface area contributed by atoms with Crippen LogP contribution in [0.5, 0.6) is 11.5 Å². The van der Waals surface area contributed by atoms with Gasteiger partial charge in [0.2, 0.25) is 0 Å². The van der Waals surface area contributed by atoms with Gasteiger partial charge in [0.05, 0.1) is 51.2 Å². The maximum absolute atomic E-state index is 13.2. The van der Waals surface area contributed by atoms with Crippen molar-refractivity contribution < 1.29 is 26.9 Å². The van der Waals surface area contributed by atoms with E-state index in [9.17, 15) is 17.4 Å². The van der Waals surface area contributed by atoms with E-state index in [0.717, 1.165) is 11.3 Å². The van der Waals surface area contributed by atoms with Gasteiger partial charge in [-0.2, -0.15) is 0 Å². The Morgan fingerprint density at radius 3 is 2.52 bits per heavy atom. The molecule has 1 unspecified atom stereocenters. The average Bonchev–Trinajstić information content (AvgIpc) is 3.50. The fraction of sp³-hybridized carbons (Fsp3) is 0.179. The van der Waals surface area contributed by atoms with Crippen LogP contribution in [-0.4, -0.2) is 47.7 Å². The summed E-state index contributed by atoms with van der Waals surface area (Å²) in [5, 5.41) is 0. The van der Waals surface area contributed by atoms with Crippen LogP contribution in [0.3, 0.4) is 0 Å². The third-order valence-electron chi connectivity index (χ3n) is 5.84. The summed E-state index contributed by atoms with van der Waals surface area (Å²) in [7, 11) is -3.97. The molecule has 2 aromatic carbocycles. The van der Waals surface area contributed by atoms with Crippen LogP contribution in [0.2, 0.25) is 0 Å². The molecule has 0 fully saturated rings. The van der Waals surface area contributed by atoms with E-state index in [1.54, 1.807) is 37.6 Å². The third kappa shape index (κ3) is 7.01. The van der Waals surface area contributed by atoms with E-state index in [1.807, 2.05) is 36.0 Å². The van der Waals surface area contributed by atoms with E-state index in [2.05, 4.69) is 14.7 Å². The minimum Gasteiger partial charge on any atom is -0.496 e. The van der Waals surface area contributed by atoms with Crippen LogP contribution in [0.15, 0.2) is 89.1 Å². The molecule has 4 aromatic rings. The lowest BCUT2D eigenvalue weighted by atomic mass is 10.1. The van der Waals surface area contributed by atoms with E-state index in [1.165, 1.54) is 29.8 Å². The van der Waals surface area contributed by atoms with E-state index < -0.39 is 20.8 Å². The fourth-order valence-electron chi connectivity index (χ4n) is 3.93. The molecule has 1 N–H and O–H groups in total. The Hall–Kier alpha value is -4.29. The first-order chi connectivity index (χ1) is 19.3. The standard InChI is InChI=1S/C28H28N4O6S2/c1-3-24-27(29-13-12-28(24)37-2)19-39(34)20-30-26-18-21(32-14-4-5-15-32)6-11-25(26)31-40(35,36)23-9-7-22(8-10-23)38-17-16-33/h4-16,18,20,31H,3,17,19H2,1-2H3. The maximum atomic E-state index is 13.2. The molecule has 0 saturated carbocycles. The average molecular weight is 581 g/mol. The van der Waals surface area contributed by atoms with Crippen molar-refractivity contribution in [3.63, 3.8) is 0 Å². The lowest BCUT2D eigenvalue weighted by Crippen LogP contribution is -2.13. The van der Waals surface area contributed by atoms with Crippen LogP contribution in [0.25, 0.3) is 5.69 Å². The van der Waals surface area contributed by atoms with Gasteiger partial charge in [0.25, 0.3) is 10.0 Å². The number of nitrogens with zero attached hydrogens (tertiary/aromatic N) is 3. The summed E-state index contributed by atoms with van der Waals surface area (Å²) in [5.74, 6) is 1.17. The SMILES string of the molecule is CCc1c(OC)ccnc1CS(=O)C=Nc1cc(-n2cccc2)ccc1NS(=O)(=O)c1ccc(OCC=O)cc1. The lowest BCUT2D eigenvalue weighted by molar-refractivity contribution is -0.109. The Labute approximate surface area is 235 Å². The number of benzene rings is 2. The molecule has 0 aliphatic rings. The van der Waals surface area contributed by atoms with E-state index >= 15 is 0 Å². The highest BCUT2D eigenvalue weighted by molar-refractivity contribution is 7.97. The molecule has 1 atom stereocenters. The van der Waals surface area contributed by atoms with Gasteiger partial charge in [-0.05, 0) is 67.1 Å². The maximum Gasteiger partial charge on any atom is 0.261 e. The molecule has 0 aliphatic carbocycles. The molecule has 2 heterocycles. The normalized spacial score (nSPS) is 12.2. The molecule has 208 valence electrons. The molecule has 0 bridgehead atoms. The highest BCUT2D eigenvalue weighted by atomic mass is 32.2. The molecular weight excluding hydrogens is 552 g/mol. The molecule has 40 heavy (non-hydrogen) atoms. The van der Waals surface area contributed by atoms with Crippen molar-refractivity contribution in [3.8, 4) is 17.2 Å². The number of aldehydes is 1. The Kier molecular flexibility index (Phi) is 9.46. The van der Waals surface area contributed by atoms with Crippen LogP contribution in [-0.2, 0) is 37.8 Å². The summed E-state index contributed by atoms with van der Waals surface area (Å²) < 4.78 is 54.3. The van der Waals surface area contributed by atoms with Gasteiger partial charge in [0, 0.05) is 29.8 Å². The first kappa shape index (κ1) is 28.7.